The van der Waals surface area contributed by atoms with E-state index in [1.807, 2.05) is 24.3 Å². The van der Waals surface area contributed by atoms with E-state index in [-0.39, 0.29) is 11.9 Å². The number of nitrogens with one attached hydrogen (secondary N) is 1. The van der Waals surface area contributed by atoms with E-state index >= 15 is 0 Å². The van der Waals surface area contributed by atoms with E-state index in [2.05, 4.69) is 46.7 Å². The second-order valence-corrected chi connectivity index (χ2v) is 6.62. The number of aromatic nitrogens is 1. The molecule has 3 nitrogen and oxygen atoms in total. The predicted octanol–water partition coefficient (Wildman–Crippen LogP) is 4.60. The molecule has 1 amide bonds. The molecule has 0 saturated carbocycles. The van der Waals surface area contributed by atoms with Crippen LogP contribution < -0.4 is 5.32 Å². The highest BCUT2D eigenvalue weighted by atomic mass is 35.5. The Morgan fingerprint density at radius 1 is 1.12 bits per heavy atom. The van der Waals surface area contributed by atoms with Gasteiger partial charge in [0.2, 0.25) is 5.91 Å². The second-order valence-electron chi connectivity index (χ2n) is 6.18. The first-order valence-electron chi connectivity index (χ1n) is 8.32. The minimum absolute atomic E-state index is 0.0268. The lowest BCUT2D eigenvalue weighted by atomic mass is 9.94. The zero-order valence-electron chi connectivity index (χ0n) is 13.6. The Balaban J connectivity index is 1.89. The molecule has 0 bridgehead atoms. The maximum Gasteiger partial charge on any atom is 0.220 e. The molecule has 2 aromatic carbocycles. The predicted molar refractivity (Wildman–Crippen MR) is 101 cm³/mol. The van der Waals surface area contributed by atoms with Gasteiger partial charge in [-0.05, 0) is 34.9 Å². The van der Waals surface area contributed by atoms with E-state index in [1.54, 1.807) is 6.20 Å². The van der Waals surface area contributed by atoms with E-state index in [0.29, 0.717) is 11.4 Å². The standard InChI is InChI=1S/C21H17ClN2O/c22-15-8-10-20(23-13-15)19(12-16-9-11-21(25)24-16)18-7-3-5-14-4-1-2-6-17(14)18/h1-8,10,12-13,16H,9,11H2,(H,24,25)/b19-12+/t16-/m1/s1. The number of carbonyl (C=O) groups is 1. The van der Waals surface area contributed by atoms with Crippen LogP contribution in [-0.2, 0) is 4.79 Å². The molecule has 0 unspecified atom stereocenters. The fraction of sp³-hybridized carbons (Fsp3) is 0.143. The number of pyridine rings is 1. The van der Waals surface area contributed by atoms with Gasteiger partial charge in [0.15, 0.2) is 0 Å². The van der Waals surface area contributed by atoms with Crippen molar-refractivity contribution in [2.24, 2.45) is 0 Å². The van der Waals surface area contributed by atoms with E-state index in [0.717, 1.165) is 28.6 Å². The van der Waals surface area contributed by atoms with Crippen LogP contribution >= 0.6 is 11.6 Å². The summed E-state index contributed by atoms with van der Waals surface area (Å²) in [6, 6.07) is 18.3. The third-order valence-corrected chi connectivity index (χ3v) is 4.70. The smallest absolute Gasteiger partial charge is 0.220 e. The number of halogens is 1. The zero-order valence-corrected chi connectivity index (χ0v) is 14.3. The molecule has 1 atom stereocenters. The van der Waals surface area contributed by atoms with E-state index in [1.165, 1.54) is 5.39 Å². The Hall–Kier alpha value is -2.65. The summed E-state index contributed by atoms with van der Waals surface area (Å²) in [6.07, 6.45) is 5.14. The third-order valence-electron chi connectivity index (χ3n) is 4.48. The summed E-state index contributed by atoms with van der Waals surface area (Å²) >= 11 is 6.01. The van der Waals surface area contributed by atoms with Gasteiger partial charge in [-0.3, -0.25) is 9.78 Å². The number of nitrogens with zero attached hydrogens (tertiary/aromatic N) is 1. The van der Waals surface area contributed by atoms with Crippen molar-refractivity contribution >= 4 is 33.9 Å². The maximum absolute atomic E-state index is 11.6. The Kier molecular flexibility index (Phi) is 4.24. The minimum atomic E-state index is 0.0268. The third kappa shape index (κ3) is 3.28. The highest BCUT2D eigenvalue weighted by molar-refractivity contribution is 6.30. The SMILES string of the molecule is O=C1CC[C@H](/C=C(/c2ccc(Cl)cn2)c2cccc3ccccc23)N1. The maximum atomic E-state index is 11.6. The Morgan fingerprint density at radius 2 is 1.96 bits per heavy atom. The molecule has 0 aliphatic carbocycles. The minimum Gasteiger partial charge on any atom is -0.350 e. The Labute approximate surface area is 151 Å². The number of hydrogen-bond acceptors (Lipinski definition) is 2. The Bertz CT molecular complexity index is 958. The first-order chi connectivity index (χ1) is 12.2. The summed E-state index contributed by atoms with van der Waals surface area (Å²) in [5, 5.41) is 5.96. The van der Waals surface area contributed by atoms with Gasteiger partial charge in [-0.1, -0.05) is 60.1 Å². The lowest BCUT2D eigenvalue weighted by molar-refractivity contribution is -0.119. The highest BCUT2D eigenvalue weighted by Gasteiger charge is 2.21. The van der Waals surface area contributed by atoms with Crippen LogP contribution in [0.5, 0.6) is 0 Å². The number of rotatable bonds is 3. The van der Waals surface area contributed by atoms with Crippen LogP contribution in [0.4, 0.5) is 0 Å². The molecule has 1 aromatic heterocycles. The molecular weight excluding hydrogens is 332 g/mol. The largest absolute Gasteiger partial charge is 0.350 e. The van der Waals surface area contributed by atoms with Crippen molar-refractivity contribution in [1.82, 2.24) is 10.3 Å². The second kappa shape index (κ2) is 6.69. The first-order valence-corrected chi connectivity index (χ1v) is 8.70. The zero-order chi connectivity index (χ0) is 17.2. The molecule has 25 heavy (non-hydrogen) atoms. The lowest BCUT2D eigenvalue weighted by Gasteiger charge is -2.14. The molecule has 4 heteroatoms. The fourth-order valence-corrected chi connectivity index (χ4v) is 3.38. The summed E-state index contributed by atoms with van der Waals surface area (Å²) in [4.78, 5) is 16.1. The average molecular weight is 349 g/mol. The average Bonchev–Trinajstić information content (AvgIpc) is 3.05. The van der Waals surface area contributed by atoms with Crippen molar-refractivity contribution in [3.8, 4) is 0 Å². The van der Waals surface area contributed by atoms with E-state index in [4.69, 9.17) is 11.6 Å². The summed E-state index contributed by atoms with van der Waals surface area (Å²) in [5.41, 5.74) is 2.97. The van der Waals surface area contributed by atoms with E-state index < -0.39 is 0 Å². The molecule has 4 rings (SSSR count). The van der Waals surface area contributed by atoms with Gasteiger partial charge in [0.1, 0.15) is 0 Å². The van der Waals surface area contributed by atoms with Gasteiger partial charge in [-0.15, -0.1) is 0 Å². The summed E-state index contributed by atoms with van der Waals surface area (Å²) in [7, 11) is 0. The van der Waals surface area contributed by atoms with Crippen LogP contribution in [0.3, 0.4) is 0 Å². The highest BCUT2D eigenvalue weighted by Crippen LogP contribution is 2.30. The van der Waals surface area contributed by atoms with Crippen molar-refractivity contribution in [3.05, 3.63) is 83.2 Å². The van der Waals surface area contributed by atoms with Crippen molar-refractivity contribution in [2.75, 3.05) is 0 Å². The molecule has 0 radical (unpaired) electrons. The van der Waals surface area contributed by atoms with Crippen LogP contribution in [0.25, 0.3) is 16.3 Å². The van der Waals surface area contributed by atoms with Crippen molar-refractivity contribution in [1.29, 1.82) is 0 Å². The lowest BCUT2D eigenvalue weighted by Crippen LogP contribution is -2.23. The number of amides is 1. The summed E-state index contributed by atoms with van der Waals surface area (Å²) in [5.74, 6) is 0.0996. The van der Waals surface area contributed by atoms with Crippen LogP contribution in [0, 0.1) is 0 Å². The molecule has 1 aliphatic heterocycles. The quantitative estimate of drug-likeness (QED) is 0.751. The summed E-state index contributed by atoms with van der Waals surface area (Å²) < 4.78 is 0. The van der Waals surface area contributed by atoms with Gasteiger partial charge in [-0.2, -0.15) is 0 Å². The van der Waals surface area contributed by atoms with Crippen LogP contribution in [0.15, 0.2) is 66.9 Å². The molecule has 1 aliphatic rings. The van der Waals surface area contributed by atoms with Gasteiger partial charge in [0.05, 0.1) is 10.7 Å². The van der Waals surface area contributed by atoms with Crippen molar-refractivity contribution in [3.63, 3.8) is 0 Å². The van der Waals surface area contributed by atoms with Gasteiger partial charge in [0, 0.05) is 24.2 Å². The Morgan fingerprint density at radius 3 is 2.72 bits per heavy atom. The number of hydrogen-bond donors (Lipinski definition) is 1. The van der Waals surface area contributed by atoms with Gasteiger partial charge in [-0.25, -0.2) is 0 Å². The first kappa shape index (κ1) is 15.9. The fourth-order valence-electron chi connectivity index (χ4n) is 3.27. The topological polar surface area (TPSA) is 42.0 Å². The molecule has 124 valence electrons. The number of benzene rings is 2. The molecule has 1 N–H and O–H groups in total. The molecule has 0 spiro atoms. The number of fused-ring (bicyclic) bond motifs is 1. The molecule has 2 heterocycles. The van der Waals surface area contributed by atoms with Gasteiger partial charge >= 0.3 is 0 Å². The summed E-state index contributed by atoms with van der Waals surface area (Å²) in [6.45, 7) is 0. The monoisotopic (exact) mass is 348 g/mol. The van der Waals surface area contributed by atoms with Crippen LogP contribution in [0.1, 0.15) is 24.1 Å². The van der Waals surface area contributed by atoms with Gasteiger partial charge < -0.3 is 5.32 Å². The van der Waals surface area contributed by atoms with Crippen molar-refractivity contribution in [2.45, 2.75) is 18.9 Å². The molecule has 3 aromatic rings. The van der Waals surface area contributed by atoms with Gasteiger partial charge in [0.25, 0.3) is 0 Å². The molecule has 1 saturated heterocycles. The van der Waals surface area contributed by atoms with Crippen LogP contribution in [0.2, 0.25) is 5.02 Å². The van der Waals surface area contributed by atoms with E-state index in [9.17, 15) is 4.79 Å². The van der Waals surface area contributed by atoms with Crippen molar-refractivity contribution < 1.29 is 4.79 Å². The molecular formula is C21H17ClN2O. The normalized spacial score (nSPS) is 17.7. The van der Waals surface area contributed by atoms with Crippen LogP contribution in [-0.4, -0.2) is 16.9 Å². The molecule has 1 fully saturated rings. The number of carbonyl (C=O) groups excluding carboxylic acids is 1.